The van der Waals surface area contributed by atoms with Crippen molar-refractivity contribution in [1.29, 1.82) is 0 Å². The Morgan fingerprint density at radius 2 is 2.07 bits per heavy atom. The van der Waals surface area contributed by atoms with Gasteiger partial charge >= 0.3 is 0 Å². The van der Waals surface area contributed by atoms with E-state index in [-0.39, 0.29) is 0 Å². The molecule has 88 valence electrons. The lowest BCUT2D eigenvalue weighted by molar-refractivity contribution is 0.195. The van der Waals surface area contributed by atoms with Crippen molar-refractivity contribution in [2.45, 2.75) is 19.8 Å². The normalized spacial score (nSPS) is 12.1. The minimum absolute atomic E-state index is 0.780. The molecule has 0 aromatic rings. The van der Waals surface area contributed by atoms with Gasteiger partial charge in [-0.05, 0) is 19.8 Å². The Morgan fingerprint density at radius 1 is 1.33 bits per heavy atom. The topological polar surface area (TPSA) is 45.7 Å². The van der Waals surface area contributed by atoms with Gasteiger partial charge in [-0.25, -0.2) is 0 Å². The van der Waals surface area contributed by atoms with Crippen LogP contribution in [0.15, 0.2) is 17.1 Å². The maximum atomic E-state index is 4.96. The second-order valence-corrected chi connectivity index (χ2v) is 3.13. The van der Waals surface area contributed by atoms with Gasteiger partial charge in [0.05, 0.1) is 0 Å². The summed E-state index contributed by atoms with van der Waals surface area (Å²) < 4.78 is 4.96. The molecule has 0 spiro atoms. The Labute approximate surface area is 92.8 Å². The number of hydrogen-bond donors (Lipinski definition) is 2. The van der Waals surface area contributed by atoms with Crippen LogP contribution in [0, 0.1) is 0 Å². The Balaban J connectivity index is 3.47. The van der Waals surface area contributed by atoms with Crippen LogP contribution < -0.4 is 10.6 Å². The van der Waals surface area contributed by atoms with Gasteiger partial charge in [-0.15, -0.1) is 0 Å². The number of allylic oxidation sites excluding steroid dienone is 1. The van der Waals surface area contributed by atoms with Crippen LogP contribution in [0.5, 0.6) is 0 Å². The number of rotatable bonds is 7. The van der Waals surface area contributed by atoms with Gasteiger partial charge in [-0.3, -0.25) is 4.99 Å². The van der Waals surface area contributed by atoms with Gasteiger partial charge in [0.1, 0.15) is 0 Å². The number of nitrogens with one attached hydrogen (secondary N) is 2. The molecule has 15 heavy (non-hydrogen) atoms. The Hall–Kier alpha value is -1.03. The second kappa shape index (κ2) is 11.0. The molecule has 0 radical (unpaired) electrons. The maximum Gasteiger partial charge on any atom is 0.190 e. The molecule has 0 rings (SSSR count). The summed E-state index contributed by atoms with van der Waals surface area (Å²) in [4.78, 5) is 4.11. The minimum atomic E-state index is 0.780. The average Bonchev–Trinajstić information content (AvgIpc) is 2.27. The Bertz CT molecular complexity index is 190. The zero-order chi connectivity index (χ0) is 11.4. The average molecular weight is 213 g/mol. The molecular weight excluding hydrogens is 190 g/mol. The zero-order valence-electron chi connectivity index (χ0n) is 10.0. The van der Waals surface area contributed by atoms with Crippen LogP contribution in [0.1, 0.15) is 19.8 Å². The largest absolute Gasteiger partial charge is 0.385 e. The molecule has 0 bridgehead atoms. The first-order chi connectivity index (χ1) is 7.35. The molecule has 0 aliphatic rings. The van der Waals surface area contributed by atoms with Gasteiger partial charge < -0.3 is 15.4 Å². The lowest BCUT2D eigenvalue weighted by Crippen LogP contribution is -2.38. The highest BCUT2D eigenvalue weighted by atomic mass is 16.5. The fraction of sp³-hybridized carbons (Fsp3) is 0.727. The van der Waals surface area contributed by atoms with Crippen LogP contribution in [0.2, 0.25) is 0 Å². The molecular formula is C11H23N3O. The molecule has 0 fully saturated rings. The van der Waals surface area contributed by atoms with Crippen molar-refractivity contribution < 1.29 is 4.74 Å². The van der Waals surface area contributed by atoms with E-state index in [4.69, 9.17) is 4.74 Å². The highest BCUT2D eigenvalue weighted by molar-refractivity contribution is 5.79. The summed E-state index contributed by atoms with van der Waals surface area (Å²) in [7, 11) is 3.49. The standard InChI is InChI=1S/C11H23N3O/c1-4-5-6-8-13-11(12-2)14-9-7-10-15-3/h4-5H,6-10H2,1-3H3,(H2,12,13,14)/b5-4+. The van der Waals surface area contributed by atoms with Crippen LogP contribution in [0.25, 0.3) is 0 Å². The van der Waals surface area contributed by atoms with Crippen LogP contribution in [-0.2, 0) is 4.74 Å². The summed E-state index contributed by atoms with van der Waals surface area (Å²) in [5.41, 5.74) is 0. The van der Waals surface area contributed by atoms with E-state index in [0.717, 1.165) is 38.5 Å². The highest BCUT2D eigenvalue weighted by Gasteiger charge is 1.94. The number of guanidine groups is 1. The van der Waals surface area contributed by atoms with Crippen molar-refractivity contribution in [2.24, 2.45) is 4.99 Å². The lowest BCUT2D eigenvalue weighted by atomic mass is 10.4. The predicted octanol–water partition coefficient (Wildman–Crippen LogP) is 1.15. The van der Waals surface area contributed by atoms with E-state index in [9.17, 15) is 0 Å². The molecule has 4 heteroatoms. The van der Waals surface area contributed by atoms with E-state index in [1.807, 2.05) is 6.92 Å². The van der Waals surface area contributed by atoms with Gasteiger partial charge in [-0.2, -0.15) is 0 Å². The van der Waals surface area contributed by atoms with Crippen molar-refractivity contribution >= 4 is 5.96 Å². The minimum Gasteiger partial charge on any atom is -0.385 e. The maximum absolute atomic E-state index is 4.96. The summed E-state index contributed by atoms with van der Waals surface area (Å²) >= 11 is 0. The summed E-state index contributed by atoms with van der Waals surface area (Å²) in [5, 5.41) is 6.44. The van der Waals surface area contributed by atoms with E-state index in [1.165, 1.54) is 0 Å². The highest BCUT2D eigenvalue weighted by Crippen LogP contribution is 1.81. The van der Waals surface area contributed by atoms with E-state index in [2.05, 4.69) is 27.8 Å². The van der Waals surface area contributed by atoms with Gasteiger partial charge in [0, 0.05) is 33.9 Å². The summed E-state index contributed by atoms with van der Waals surface area (Å²) in [6.45, 7) is 4.60. The van der Waals surface area contributed by atoms with Gasteiger partial charge in [0.15, 0.2) is 5.96 Å². The lowest BCUT2D eigenvalue weighted by Gasteiger charge is -2.10. The molecule has 0 atom stereocenters. The van der Waals surface area contributed by atoms with Crippen molar-refractivity contribution in [3.63, 3.8) is 0 Å². The van der Waals surface area contributed by atoms with Crippen molar-refractivity contribution in [3.8, 4) is 0 Å². The third-order valence-electron chi connectivity index (χ3n) is 1.88. The third kappa shape index (κ3) is 9.28. The molecule has 0 amide bonds. The van der Waals surface area contributed by atoms with E-state index in [1.54, 1.807) is 14.2 Å². The van der Waals surface area contributed by atoms with Crippen molar-refractivity contribution in [1.82, 2.24) is 10.6 Å². The summed E-state index contributed by atoms with van der Waals surface area (Å²) in [6, 6.07) is 0. The quantitative estimate of drug-likeness (QED) is 0.289. The smallest absolute Gasteiger partial charge is 0.190 e. The monoisotopic (exact) mass is 213 g/mol. The predicted molar refractivity (Wildman–Crippen MR) is 65.3 cm³/mol. The van der Waals surface area contributed by atoms with E-state index >= 15 is 0 Å². The molecule has 4 nitrogen and oxygen atoms in total. The number of methoxy groups -OCH3 is 1. The molecule has 0 aliphatic heterocycles. The number of nitrogens with zero attached hydrogens (tertiary/aromatic N) is 1. The van der Waals surface area contributed by atoms with Crippen LogP contribution in [0.4, 0.5) is 0 Å². The van der Waals surface area contributed by atoms with Crippen molar-refractivity contribution in [2.75, 3.05) is 33.9 Å². The molecule has 0 aromatic heterocycles. The molecule has 0 aromatic carbocycles. The first-order valence-electron chi connectivity index (χ1n) is 5.39. The van der Waals surface area contributed by atoms with Gasteiger partial charge in [-0.1, -0.05) is 12.2 Å². The first-order valence-corrected chi connectivity index (χ1v) is 5.39. The first kappa shape index (κ1) is 14.0. The molecule has 0 heterocycles. The number of aliphatic imine (C=N–C) groups is 1. The number of hydrogen-bond acceptors (Lipinski definition) is 2. The Morgan fingerprint density at radius 3 is 2.67 bits per heavy atom. The molecule has 0 aliphatic carbocycles. The molecule has 0 saturated carbocycles. The second-order valence-electron chi connectivity index (χ2n) is 3.13. The number of ether oxygens (including phenoxy) is 1. The van der Waals surface area contributed by atoms with Crippen LogP contribution in [0.3, 0.4) is 0 Å². The van der Waals surface area contributed by atoms with Crippen LogP contribution in [-0.4, -0.2) is 39.8 Å². The fourth-order valence-corrected chi connectivity index (χ4v) is 1.08. The molecule has 2 N–H and O–H groups in total. The summed E-state index contributed by atoms with van der Waals surface area (Å²) in [5.74, 6) is 0.857. The van der Waals surface area contributed by atoms with Gasteiger partial charge in [0.25, 0.3) is 0 Å². The fourth-order valence-electron chi connectivity index (χ4n) is 1.08. The SMILES string of the molecule is C/C=C/CCNC(=NC)NCCCOC. The van der Waals surface area contributed by atoms with E-state index < -0.39 is 0 Å². The molecule has 0 saturated heterocycles. The van der Waals surface area contributed by atoms with E-state index in [0.29, 0.717) is 0 Å². The third-order valence-corrected chi connectivity index (χ3v) is 1.88. The molecule has 0 unspecified atom stereocenters. The summed E-state index contributed by atoms with van der Waals surface area (Å²) in [6.07, 6.45) is 6.20. The zero-order valence-corrected chi connectivity index (χ0v) is 10.0. The van der Waals surface area contributed by atoms with Crippen molar-refractivity contribution in [3.05, 3.63) is 12.2 Å². The van der Waals surface area contributed by atoms with Gasteiger partial charge in [0.2, 0.25) is 0 Å². The van der Waals surface area contributed by atoms with Crippen LogP contribution >= 0.6 is 0 Å². The Kier molecular flexibility index (Phi) is 10.3.